The Morgan fingerprint density at radius 1 is 0.949 bits per heavy atom. The second-order valence-electron chi connectivity index (χ2n) is 9.60. The average molecular weight is 568 g/mol. The molecule has 0 bridgehead atoms. The summed E-state index contributed by atoms with van der Waals surface area (Å²) in [6, 6.07) is 11.3. The molecule has 0 saturated heterocycles. The fourth-order valence-corrected chi connectivity index (χ4v) is 4.99. The van der Waals surface area contributed by atoms with Gasteiger partial charge in [0, 0.05) is 5.56 Å². The zero-order chi connectivity index (χ0) is 28.2. The third-order valence-corrected chi connectivity index (χ3v) is 7.28. The maximum Gasteiger partial charge on any atom is 0.422 e. The van der Waals surface area contributed by atoms with Gasteiger partial charge < -0.3 is 19.3 Å². The number of nitrogens with zero attached hydrogens (tertiary/aromatic N) is 1. The van der Waals surface area contributed by atoms with Crippen LogP contribution in [0.15, 0.2) is 48.5 Å². The van der Waals surface area contributed by atoms with E-state index in [1.165, 1.54) is 32.4 Å². The number of hydrogen-bond donors (Lipinski definition) is 1. The largest absolute Gasteiger partial charge is 0.494 e. The molecule has 1 saturated carbocycles. The summed E-state index contributed by atoms with van der Waals surface area (Å²) in [7, 11) is 2.85. The summed E-state index contributed by atoms with van der Waals surface area (Å²) in [6.07, 6.45) is -1.04. The monoisotopic (exact) mass is 567 g/mol. The minimum Gasteiger partial charge on any atom is -0.494 e. The first-order valence-electron chi connectivity index (χ1n) is 12.7. The van der Waals surface area contributed by atoms with Crippen molar-refractivity contribution in [2.75, 3.05) is 14.2 Å². The van der Waals surface area contributed by atoms with Crippen molar-refractivity contribution in [2.24, 2.45) is 0 Å². The van der Waals surface area contributed by atoms with E-state index in [4.69, 9.17) is 25.8 Å². The number of ether oxygens (including phenoxy) is 3. The maximum absolute atomic E-state index is 14.3. The van der Waals surface area contributed by atoms with Crippen LogP contribution < -0.4 is 14.2 Å². The molecule has 0 radical (unpaired) electrons. The molecule has 0 spiro atoms. The number of alkyl halides is 3. The van der Waals surface area contributed by atoms with Gasteiger partial charge in [0.25, 0.3) is 0 Å². The molecule has 1 N–H and O–H groups in total. The topological polar surface area (TPSA) is 60.8 Å². The lowest BCUT2D eigenvalue weighted by Gasteiger charge is -2.30. The van der Waals surface area contributed by atoms with Crippen LogP contribution in [0.3, 0.4) is 0 Å². The Kier molecular flexibility index (Phi) is 8.91. The van der Waals surface area contributed by atoms with E-state index in [2.05, 4.69) is 4.98 Å². The van der Waals surface area contributed by atoms with E-state index in [1.807, 2.05) is 0 Å². The van der Waals surface area contributed by atoms with Crippen molar-refractivity contribution in [1.29, 1.82) is 0 Å². The summed E-state index contributed by atoms with van der Waals surface area (Å²) in [5.41, 5.74) is -2.82. The second-order valence-corrected chi connectivity index (χ2v) is 10.0. The number of rotatable bonds is 10. The molecule has 4 rings (SSSR count). The standard InChI is InChI=1S/C29H30ClF4NO4/c1-37-24-13-14-26(35-27(24)19-10-11-22(31)21(30)17-19)28(36,29(32,33)34)15-5-6-18-9-12-23(25(16-18)38-2)39-20-7-3-4-8-20/h9-14,16-17,20,36H,3-8,15H2,1-2H3. The molecular formula is C29H30ClF4NO4. The van der Waals surface area contributed by atoms with Gasteiger partial charge in [-0.2, -0.15) is 13.2 Å². The predicted octanol–water partition coefficient (Wildman–Crippen LogP) is 7.65. The molecule has 10 heteroatoms. The summed E-state index contributed by atoms with van der Waals surface area (Å²) >= 11 is 5.87. The Morgan fingerprint density at radius 3 is 2.28 bits per heavy atom. The minimum atomic E-state index is -5.01. The van der Waals surface area contributed by atoms with Crippen LogP contribution >= 0.6 is 11.6 Å². The van der Waals surface area contributed by atoms with Crippen molar-refractivity contribution >= 4 is 11.6 Å². The zero-order valence-corrected chi connectivity index (χ0v) is 22.4. The molecular weight excluding hydrogens is 538 g/mol. The molecule has 39 heavy (non-hydrogen) atoms. The number of methoxy groups -OCH3 is 2. The van der Waals surface area contributed by atoms with Gasteiger partial charge in [-0.25, -0.2) is 9.37 Å². The Bertz CT molecular complexity index is 1300. The Balaban J connectivity index is 1.56. The number of hydrogen-bond acceptors (Lipinski definition) is 5. The van der Waals surface area contributed by atoms with Crippen LogP contribution in [0.4, 0.5) is 17.6 Å². The lowest BCUT2D eigenvalue weighted by Crippen LogP contribution is -2.43. The lowest BCUT2D eigenvalue weighted by atomic mass is 9.90. The first-order chi connectivity index (χ1) is 18.6. The van der Waals surface area contributed by atoms with Crippen molar-refractivity contribution in [1.82, 2.24) is 4.98 Å². The quantitative estimate of drug-likeness (QED) is 0.255. The SMILES string of the molecule is COc1cc(CCCC(O)(c2ccc(OC)c(-c3ccc(F)c(Cl)c3)n2)C(F)(F)F)ccc1OC1CCCC1. The Labute approximate surface area is 229 Å². The summed E-state index contributed by atoms with van der Waals surface area (Å²) in [6.45, 7) is 0. The van der Waals surface area contributed by atoms with E-state index in [0.29, 0.717) is 11.5 Å². The highest BCUT2D eigenvalue weighted by Gasteiger charge is 2.55. The van der Waals surface area contributed by atoms with Gasteiger partial charge in [0.05, 0.1) is 31.0 Å². The first-order valence-corrected chi connectivity index (χ1v) is 13.1. The van der Waals surface area contributed by atoms with E-state index in [0.717, 1.165) is 43.4 Å². The summed E-state index contributed by atoms with van der Waals surface area (Å²) < 4.78 is 73.3. The molecule has 1 atom stereocenters. The normalized spacial score (nSPS) is 15.7. The molecule has 1 aromatic heterocycles. The van der Waals surface area contributed by atoms with E-state index < -0.39 is 29.7 Å². The fourth-order valence-electron chi connectivity index (χ4n) is 4.81. The summed E-state index contributed by atoms with van der Waals surface area (Å²) in [4.78, 5) is 4.12. The predicted molar refractivity (Wildman–Crippen MR) is 140 cm³/mol. The first kappa shape index (κ1) is 29.0. The van der Waals surface area contributed by atoms with Crippen molar-refractivity contribution in [3.8, 4) is 28.5 Å². The molecule has 3 aromatic rings. The van der Waals surface area contributed by atoms with Crippen LogP contribution in [-0.2, 0) is 12.0 Å². The van der Waals surface area contributed by atoms with E-state index in [-0.39, 0.29) is 41.0 Å². The van der Waals surface area contributed by atoms with Crippen LogP contribution in [0.5, 0.6) is 17.2 Å². The van der Waals surface area contributed by atoms with Crippen molar-refractivity contribution in [3.05, 3.63) is 70.6 Å². The molecule has 2 aromatic carbocycles. The van der Waals surface area contributed by atoms with Gasteiger partial charge in [0.2, 0.25) is 5.60 Å². The van der Waals surface area contributed by atoms with Crippen molar-refractivity contribution < 1.29 is 36.9 Å². The molecule has 1 fully saturated rings. The van der Waals surface area contributed by atoms with Gasteiger partial charge in [-0.1, -0.05) is 17.7 Å². The number of pyridine rings is 1. The number of halogens is 5. The Morgan fingerprint density at radius 2 is 1.64 bits per heavy atom. The van der Waals surface area contributed by atoms with E-state index >= 15 is 0 Å². The molecule has 1 heterocycles. The average Bonchev–Trinajstić information content (AvgIpc) is 3.43. The molecule has 0 aliphatic heterocycles. The van der Waals surface area contributed by atoms with Crippen LogP contribution in [0.1, 0.15) is 49.8 Å². The number of benzene rings is 2. The third-order valence-electron chi connectivity index (χ3n) is 6.99. The highest BCUT2D eigenvalue weighted by molar-refractivity contribution is 6.31. The lowest BCUT2D eigenvalue weighted by molar-refractivity contribution is -0.271. The van der Waals surface area contributed by atoms with Crippen molar-refractivity contribution in [3.63, 3.8) is 0 Å². The molecule has 0 amide bonds. The minimum absolute atomic E-state index is 0.00200. The maximum atomic E-state index is 14.3. The van der Waals surface area contributed by atoms with Gasteiger partial charge in [0.15, 0.2) is 11.5 Å². The second kappa shape index (κ2) is 12.0. The van der Waals surface area contributed by atoms with Crippen LogP contribution in [0.25, 0.3) is 11.3 Å². The number of aryl methyl sites for hydroxylation is 1. The van der Waals surface area contributed by atoms with Crippen molar-refractivity contribution in [2.45, 2.75) is 62.8 Å². The molecule has 5 nitrogen and oxygen atoms in total. The van der Waals surface area contributed by atoms with Gasteiger partial charge in [0.1, 0.15) is 17.3 Å². The molecule has 210 valence electrons. The third kappa shape index (κ3) is 6.41. The van der Waals surface area contributed by atoms with E-state index in [9.17, 15) is 22.7 Å². The molecule has 1 aliphatic rings. The van der Waals surface area contributed by atoms with Crippen LogP contribution in [-0.4, -0.2) is 36.6 Å². The zero-order valence-electron chi connectivity index (χ0n) is 21.7. The smallest absolute Gasteiger partial charge is 0.422 e. The number of aromatic nitrogens is 1. The summed E-state index contributed by atoms with van der Waals surface area (Å²) in [5, 5.41) is 10.8. The van der Waals surface area contributed by atoms with Gasteiger partial charge in [-0.3, -0.25) is 0 Å². The highest BCUT2D eigenvalue weighted by Crippen LogP contribution is 2.44. The highest BCUT2D eigenvalue weighted by atomic mass is 35.5. The van der Waals surface area contributed by atoms with Gasteiger partial charge in [-0.05, 0) is 93.0 Å². The van der Waals surface area contributed by atoms with Crippen LogP contribution in [0.2, 0.25) is 5.02 Å². The fraction of sp³-hybridized carbons (Fsp3) is 0.414. The van der Waals surface area contributed by atoms with Gasteiger partial charge >= 0.3 is 6.18 Å². The van der Waals surface area contributed by atoms with Crippen LogP contribution in [0, 0.1) is 5.82 Å². The van der Waals surface area contributed by atoms with Gasteiger partial charge in [-0.15, -0.1) is 0 Å². The number of aliphatic hydroxyl groups is 1. The molecule has 1 unspecified atom stereocenters. The van der Waals surface area contributed by atoms with E-state index in [1.54, 1.807) is 18.2 Å². The summed E-state index contributed by atoms with van der Waals surface area (Å²) in [5.74, 6) is 0.593. The Hall–Kier alpha value is -3.04. The molecule has 1 aliphatic carbocycles.